The summed E-state index contributed by atoms with van der Waals surface area (Å²) in [5, 5.41) is 6.43. The Labute approximate surface area is 156 Å². The van der Waals surface area contributed by atoms with Gasteiger partial charge in [-0.15, -0.1) is 0 Å². The Hall–Kier alpha value is -2.06. The fourth-order valence-electron chi connectivity index (χ4n) is 4.38. The fraction of sp³-hybridized carbons (Fsp3) is 0.417. The Morgan fingerprint density at radius 2 is 1.81 bits per heavy atom. The summed E-state index contributed by atoms with van der Waals surface area (Å²) < 4.78 is 2.48. The maximum atomic E-state index is 3.71. The molecule has 0 fully saturated rings. The minimum absolute atomic E-state index is 0.0574. The Kier molecular flexibility index (Phi) is 4.40. The molecular formula is C24H30N2. The van der Waals surface area contributed by atoms with Crippen molar-refractivity contribution in [1.29, 1.82) is 0 Å². The third kappa shape index (κ3) is 2.97. The van der Waals surface area contributed by atoms with Crippen LogP contribution in [0.3, 0.4) is 0 Å². The molecule has 2 nitrogen and oxygen atoms in total. The molecule has 0 bridgehead atoms. The van der Waals surface area contributed by atoms with Crippen molar-refractivity contribution in [3.05, 3.63) is 54.1 Å². The van der Waals surface area contributed by atoms with E-state index in [2.05, 4.69) is 86.1 Å². The normalized spacial score (nSPS) is 18.5. The Morgan fingerprint density at radius 1 is 1.04 bits per heavy atom. The molecule has 1 unspecified atom stereocenters. The molecule has 26 heavy (non-hydrogen) atoms. The zero-order chi connectivity index (χ0) is 18.3. The summed E-state index contributed by atoms with van der Waals surface area (Å²) in [6.07, 6.45) is 6.10. The first-order valence-corrected chi connectivity index (χ1v) is 9.95. The van der Waals surface area contributed by atoms with Crippen LogP contribution in [0.4, 0.5) is 0 Å². The molecule has 2 aromatic carbocycles. The average Bonchev–Trinajstić information content (AvgIpc) is 2.96. The van der Waals surface area contributed by atoms with Gasteiger partial charge >= 0.3 is 0 Å². The molecule has 4 rings (SSSR count). The molecule has 0 saturated heterocycles. The van der Waals surface area contributed by atoms with Crippen molar-refractivity contribution < 1.29 is 0 Å². The van der Waals surface area contributed by atoms with Gasteiger partial charge < -0.3 is 9.88 Å². The molecule has 1 aliphatic rings. The molecule has 0 radical (unpaired) electrons. The summed E-state index contributed by atoms with van der Waals surface area (Å²) in [5.74, 6) is 0. The van der Waals surface area contributed by atoms with Crippen LogP contribution in [0.15, 0.2) is 48.5 Å². The number of benzene rings is 2. The minimum atomic E-state index is 0.0574. The van der Waals surface area contributed by atoms with E-state index < -0.39 is 0 Å². The lowest BCUT2D eigenvalue weighted by Crippen LogP contribution is -2.33. The van der Waals surface area contributed by atoms with Crippen LogP contribution in [0.2, 0.25) is 0 Å². The highest BCUT2D eigenvalue weighted by Crippen LogP contribution is 2.35. The van der Waals surface area contributed by atoms with E-state index in [1.54, 1.807) is 0 Å². The highest BCUT2D eigenvalue weighted by atomic mass is 15.0. The molecule has 136 valence electrons. The van der Waals surface area contributed by atoms with Crippen LogP contribution in [0.1, 0.15) is 52.5 Å². The monoisotopic (exact) mass is 346 g/mol. The fourth-order valence-corrected chi connectivity index (χ4v) is 4.38. The molecule has 0 amide bonds. The number of para-hydroxylation sites is 1. The number of nitrogens with zero attached hydrogens (tertiary/aromatic N) is 1. The second kappa shape index (κ2) is 6.59. The number of rotatable bonds is 3. The molecule has 2 heterocycles. The van der Waals surface area contributed by atoms with Crippen LogP contribution in [0.25, 0.3) is 27.4 Å². The van der Waals surface area contributed by atoms with Crippen molar-refractivity contribution in [3.8, 4) is 0 Å². The van der Waals surface area contributed by atoms with Gasteiger partial charge in [0, 0.05) is 39.9 Å². The Balaban J connectivity index is 1.83. The van der Waals surface area contributed by atoms with Gasteiger partial charge in [-0.2, -0.15) is 0 Å². The lowest BCUT2D eigenvalue weighted by atomic mass is 9.96. The van der Waals surface area contributed by atoms with E-state index in [9.17, 15) is 0 Å². The van der Waals surface area contributed by atoms with Gasteiger partial charge in [0.2, 0.25) is 0 Å². The average molecular weight is 347 g/mol. The van der Waals surface area contributed by atoms with Crippen LogP contribution in [-0.2, 0) is 5.54 Å². The summed E-state index contributed by atoms with van der Waals surface area (Å²) in [6.45, 7) is 10.1. The summed E-state index contributed by atoms with van der Waals surface area (Å²) >= 11 is 0. The van der Waals surface area contributed by atoms with Gasteiger partial charge in [0.05, 0.1) is 0 Å². The molecule has 3 aromatic rings. The van der Waals surface area contributed by atoms with Gasteiger partial charge in [-0.1, -0.05) is 43.7 Å². The predicted octanol–water partition coefficient (Wildman–Crippen LogP) is 6.09. The first kappa shape index (κ1) is 17.4. The zero-order valence-electron chi connectivity index (χ0n) is 16.5. The van der Waals surface area contributed by atoms with E-state index in [-0.39, 0.29) is 5.54 Å². The van der Waals surface area contributed by atoms with E-state index in [0.29, 0.717) is 6.04 Å². The number of aromatic nitrogens is 1. The zero-order valence-corrected chi connectivity index (χ0v) is 16.5. The largest absolute Gasteiger partial charge is 0.335 e. The highest BCUT2D eigenvalue weighted by Gasteiger charge is 2.21. The number of nitrogens with one attached hydrogen (secondary N) is 1. The predicted molar refractivity (Wildman–Crippen MR) is 114 cm³/mol. The Morgan fingerprint density at radius 3 is 2.50 bits per heavy atom. The van der Waals surface area contributed by atoms with Crippen molar-refractivity contribution in [1.82, 2.24) is 9.88 Å². The SMILES string of the molecule is CCCC1CC=C(c2ccc3c(c2)c2ccccc2n3C(C)(C)C)CN1. The van der Waals surface area contributed by atoms with Crippen molar-refractivity contribution >= 4 is 27.4 Å². The van der Waals surface area contributed by atoms with Crippen molar-refractivity contribution in [2.24, 2.45) is 0 Å². The molecule has 1 N–H and O–H groups in total. The standard InChI is InChI=1S/C24H30N2/c1-5-8-19-13-11-18(16-25-19)17-12-14-23-21(15-17)20-9-6-7-10-22(20)26(23)24(2,3)4/h6-7,9-12,14-15,19,25H,5,8,13,16H2,1-4H3. The minimum Gasteiger partial charge on any atom is -0.335 e. The van der Waals surface area contributed by atoms with Crippen LogP contribution >= 0.6 is 0 Å². The van der Waals surface area contributed by atoms with E-state index in [4.69, 9.17) is 0 Å². The van der Waals surface area contributed by atoms with Gasteiger partial charge in [0.15, 0.2) is 0 Å². The van der Waals surface area contributed by atoms with Crippen LogP contribution in [0.5, 0.6) is 0 Å². The summed E-state index contributed by atoms with van der Waals surface area (Å²) in [7, 11) is 0. The van der Waals surface area contributed by atoms with Gasteiger partial charge in [-0.25, -0.2) is 0 Å². The van der Waals surface area contributed by atoms with E-state index >= 15 is 0 Å². The van der Waals surface area contributed by atoms with Crippen molar-refractivity contribution in [2.75, 3.05) is 6.54 Å². The summed E-state index contributed by atoms with van der Waals surface area (Å²) in [4.78, 5) is 0. The van der Waals surface area contributed by atoms with Crippen LogP contribution in [-0.4, -0.2) is 17.2 Å². The van der Waals surface area contributed by atoms with Gasteiger partial charge in [-0.3, -0.25) is 0 Å². The van der Waals surface area contributed by atoms with Crippen LogP contribution < -0.4 is 5.32 Å². The quantitative estimate of drug-likeness (QED) is 0.607. The summed E-state index contributed by atoms with van der Waals surface area (Å²) in [5.41, 5.74) is 5.51. The molecule has 2 heteroatoms. The number of hydrogen-bond acceptors (Lipinski definition) is 1. The molecule has 1 aliphatic heterocycles. The third-order valence-corrected chi connectivity index (χ3v) is 5.58. The van der Waals surface area contributed by atoms with Gasteiger partial charge in [0.1, 0.15) is 0 Å². The first-order chi connectivity index (χ1) is 12.5. The molecule has 0 spiro atoms. The number of fused-ring (bicyclic) bond motifs is 3. The smallest absolute Gasteiger partial charge is 0.0496 e. The van der Waals surface area contributed by atoms with E-state index in [0.717, 1.165) is 13.0 Å². The Bertz CT molecular complexity index is 969. The maximum Gasteiger partial charge on any atom is 0.0496 e. The molecule has 1 aromatic heterocycles. The van der Waals surface area contributed by atoms with Crippen LogP contribution in [0, 0.1) is 0 Å². The summed E-state index contributed by atoms with van der Waals surface area (Å²) in [6, 6.07) is 16.5. The maximum absolute atomic E-state index is 3.71. The molecule has 0 saturated carbocycles. The van der Waals surface area contributed by atoms with Crippen molar-refractivity contribution in [3.63, 3.8) is 0 Å². The second-order valence-electron chi connectivity index (χ2n) is 8.59. The molecule has 0 aliphatic carbocycles. The lowest BCUT2D eigenvalue weighted by Gasteiger charge is -2.25. The van der Waals surface area contributed by atoms with Crippen molar-refractivity contribution in [2.45, 2.75) is 58.5 Å². The third-order valence-electron chi connectivity index (χ3n) is 5.58. The van der Waals surface area contributed by atoms with E-state index in [1.165, 1.54) is 45.8 Å². The molecular weight excluding hydrogens is 316 g/mol. The highest BCUT2D eigenvalue weighted by molar-refractivity contribution is 6.09. The number of hydrogen-bond donors (Lipinski definition) is 1. The van der Waals surface area contributed by atoms with Gasteiger partial charge in [-0.05, 0) is 62.9 Å². The first-order valence-electron chi connectivity index (χ1n) is 9.95. The second-order valence-corrected chi connectivity index (χ2v) is 8.59. The molecule has 1 atom stereocenters. The topological polar surface area (TPSA) is 17.0 Å². The van der Waals surface area contributed by atoms with E-state index in [1.807, 2.05) is 0 Å². The lowest BCUT2D eigenvalue weighted by molar-refractivity contribution is 0.423. The van der Waals surface area contributed by atoms with Gasteiger partial charge in [0.25, 0.3) is 0 Å².